The predicted octanol–water partition coefficient (Wildman–Crippen LogP) is 4.46. The van der Waals surface area contributed by atoms with Crippen LogP contribution in [0.5, 0.6) is 17.2 Å². The number of allylic oxidation sites excluding steroid dienone is 2. The summed E-state index contributed by atoms with van der Waals surface area (Å²) in [6, 6.07) is 1.25. The first-order valence-electron chi connectivity index (χ1n) is 16.7. The Balaban J connectivity index is 1.90. The number of methoxy groups -OCH3 is 1. The number of aliphatic hydroxyl groups excluding tert-OH is 2. The Kier molecular flexibility index (Phi) is 11.7. The van der Waals surface area contributed by atoms with E-state index in [1.54, 1.807) is 33.8 Å². The van der Waals surface area contributed by atoms with Crippen LogP contribution in [0.4, 0.5) is 5.69 Å². The molecule has 13 heteroatoms. The van der Waals surface area contributed by atoms with Crippen LogP contribution in [0.25, 0.3) is 10.8 Å². The number of ether oxygens (including phenoxy) is 3. The van der Waals surface area contributed by atoms with E-state index in [0.717, 1.165) is 0 Å². The number of aromatic hydroxyl groups is 3. The first-order valence-corrected chi connectivity index (χ1v) is 16.7. The van der Waals surface area contributed by atoms with Gasteiger partial charge in [0.25, 0.3) is 5.91 Å². The number of carbonyl (C=O) groups is 4. The van der Waals surface area contributed by atoms with Crippen LogP contribution in [-0.4, -0.2) is 86.6 Å². The molecular weight excluding hydrogens is 662 g/mol. The van der Waals surface area contributed by atoms with Gasteiger partial charge in [0.1, 0.15) is 17.6 Å². The van der Waals surface area contributed by atoms with Crippen molar-refractivity contribution in [3.05, 3.63) is 58.9 Å². The predicted molar refractivity (Wildman–Crippen MR) is 188 cm³/mol. The Labute approximate surface area is 296 Å². The molecule has 0 saturated carbocycles. The third-order valence-corrected chi connectivity index (χ3v) is 10.2. The molecule has 5 bridgehead atoms. The number of aldehydes is 1. The summed E-state index contributed by atoms with van der Waals surface area (Å²) in [6.07, 6.45) is 3.73. The molecular formula is C38H47NO12. The summed E-state index contributed by atoms with van der Waals surface area (Å²) >= 11 is 0. The maximum atomic E-state index is 14.0. The van der Waals surface area contributed by atoms with Crippen LogP contribution in [0.3, 0.4) is 0 Å². The van der Waals surface area contributed by atoms with Crippen molar-refractivity contribution in [2.24, 2.45) is 23.7 Å². The fraction of sp³-hybridized carbons (Fsp3) is 0.474. The van der Waals surface area contributed by atoms with Crippen LogP contribution in [0, 0.1) is 23.7 Å². The van der Waals surface area contributed by atoms with Gasteiger partial charge in [0.05, 0.1) is 41.2 Å². The molecule has 2 aromatic carbocycles. The topological polar surface area (TPSA) is 209 Å². The number of phenolic OH excluding ortho intramolecular Hbond substituents is 3. The van der Waals surface area contributed by atoms with Crippen molar-refractivity contribution in [3.8, 4) is 17.2 Å². The molecule has 5 rings (SSSR count). The Morgan fingerprint density at radius 2 is 1.67 bits per heavy atom. The van der Waals surface area contributed by atoms with E-state index in [-0.39, 0.29) is 40.2 Å². The number of Topliss-reactive ketones (excluding diaryl/α,β-unsaturated/α-hetero) is 1. The summed E-state index contributed by atoms with van der Waals surface area (Å²) in [4.78, 5) is 51.7. The van der Waals surface area contributed by atoms with Crippen molar-refractivity contribution in [3.63, 3.8) is 0 Å². The minimum absolute atomic E-state index is 0.0627. The van der Waals surface area contributed by atoms with Gasteiger partial charge in [0.15, 0.2) is 17.6 Å². The van der Waals surface area contributed by atoms with Crippen molar-refractivity contribution in [2.45, 2.75) is 84.9 Å². The Morgan fingerprint density at radius 1 is 1.00 bits per heavy atom. The molecule has 9 atom stereocenters. The number of anilines is 1. The van der Waals surface area contributed by atoms with Gasteiger partial charge in [-0.3, -0.25) is 19.2 Å². The molecule has 2 heterocycles. The molecule has 6 N–H and O–H groups in total. The SMILES string of the molecule is COC1/C=C/OC2(C)Cc3cc(O)c4c(O)c(c(C=O)c(O)c4c3C2=O)NC(=O)/C(C)=C\C=C\C(C)C(O)C(C)C(O)C(C)C(OC(C)=O)C1C. The number of hydrogen-bond donors (Lipinski definition) is 6. The number of benzene rings is 2. The number of amides is 1. The van der Waals surface area contributed by atoms with E-state index in [1.807, 2.05) is 0 Å². The van der Waals surface area contributed by atoms with Gasteiger partial charge in [-0.1, -0.05) is 45.9 Å². The summed E-state index contributed by atoms with van der Waals surface area (Å²) < 4.78 is 17.4. The van der Waals surface area contributed by atoms with Crippen molar-refractivity contribution in [2.75, 3.05) is 12.4 Å². The largest absolute Gasteiger partial charge is 0.507 e. The van der Waals surface area contributed by atoms with Gasteiger partial charge in [-0.25, -0.2) is 0 Å². The van der Waals surface area contributed by atoms with Crippen LogP contribution < -0.4 is 5.32 Å². The molecule has 1 aliphatic carbocycles. The second-order valence-electron chi connectivity index (χ2n) is 13.8. The molecule has 51 heavy (non-hydrogen) atoms. The molecule has 0 radical (unpaired) electrons. The number of aliphatic hydroxyl groups is 2. The van der Waals surface area contributed by atoms with Gasteiger partial charge in [-0.15, -0.1) is 0 Å². The molecule has 276 valence electrons. The first kappa shape index (κ1) is 39.1. The van der Waals surface area contributed by atoms with Gasteiger partial charge >= 0.3 is 5.97 Å². The van der Waals surface area contributed by atoms with Gasteiger partial charge in [0, 0.05) is 60.6 Å². The highest BCUT2D eigenvalue weighted by atomic mass is 16.5. The lowest BCUT2D eigenvalue weighted by Gasteiger charge is -2.38. The van der Waals surface area contributed by atoms with E-state index < -0.39 is 99.8 Å². The molecule has 9 unspecified atom stereocenters. The van der Waals surface area contributed by atoms with Crippen LogP contribution >= 0.6 is 0 Å². The van der Waals surface area contributed by atoms with Crippen molar-refractivity contribution in [1.29, 1.82) is 0 Å². The fourth-order valence-corrected chi connectivity index (χ4v) is 7.09. The van der Waals surface area contributed by atoms with Crippen LogP contribution in [-0.2, 0) is 30.2 Å². The van der Waals surface area contributed by atoms with E-state index in [4.69, 9.17) is 14.2 Å². The number of hydrogen-bond acceptors (Lipinski definition) is 12. The van der Waals surface area contributed by atoms with E-state index in [1.165, 1.54) is 58.4 Å². The number of carbonyl (C=O) groups excluding carboxylic acids is 4. The fourth-order valence-electron chi connectivity index (χ4n) is 7.09. The third kappa shape index (κ3) is 7.37. The minimum atomic E-state index is -1.57. The number of esters is 1. The first-order chi connectivity index (χ1) is 23.9. The van der Waals surface area contributed by atoms with Gasteiger partial charge < -0.3 is 45.1 Å². The molecule has 0 saturated heterocycles. The zero-order valence-corrected chi connectivity index (χ0v) is 30.0. The average molecular weight is 710 g/mol. The van der Waals surface area contributed by atoms with Crippen molar-refractivity contribution < 1.29 is 58.9 Å². The van der Waals surface area contributed by atoms with Crippen LogP contribution in [0.15, 0.2) is 42.2 Å². The highest BCUT2D eigenvalue weighted by Gasteiger charge is 2.46. The van der Waals surface area contributed by atoms with Gasteiger partial charge in [-0.2, -0.15) is 0 Å². The normalized spacial score (nSPS) is 32.9. The molecule has 0 aromatic heterocycles. The summed E-state index contributed by atoms with van der Waals surface area (Å²) in [5.41, 5.74) is -2.25. The van der Waals surface area contributed by atoms with E-state index in [2.05, 4.69) is 5.32 Å². The minimum Gasteiger partial charge on any atom is -0.507 e. The second kappa shape index (κ2) is 15.3. The van der Waals surface area contributed by atoms with Crippen molar-refractivity contribution in [1.82, 2.24) is 0 Å². The van der Waals surface area contributed by atoms with Crippen molar-refractivity contribution >= 4 is 40.4 Å². The highest BCUT2D eigenvalue weighted by Crippen LogP contribution is 2.51. The maximum Gasteiger partial charge on any atom is 0.302 e. The molecule has 2 aliphatic heterocycles. The third-order valence-electron chi connectivity index (χ3n) is 10.2. The number of fused-ring (bicyclic) bond motifs is 14. The van der Waals surface area contributed by atoms with E-state index >= 15 is 0 Å². The molecule has 13 nitrogen and oxygen atoms in total. The zero-order valence-electron chi connectivity index (χ0n) is 30.0. The van der Waals surface area contributed by atoms with Crippen LogP contribution in [0.2, 0.25) is 0 Å². The van der Waals surface area contributed by atoms with Crippen LogP contribution in [0.1, 0.15) is 74.7 Å². The summed E-state index contributed by atoms with van der Waals surface area (Å²) in [5, 5.41) is 58.1. The number of nitrogens with one attached hydrogen (secondary N) is 1. The number of phenols is 3. The average Bonchev–Trinajstić information content (AvgIpc) is 3.33. The summed E-state index contributed by atoms with van der Waals surface area (Å²) in [7, 11) is 1.44. The van der Waals surface area contributed by atoms with E-state index in [0.29, 0.717) is 0 Å². The molecule has 2 aromatic rings. The summed E-state index contributed by atoms with van der Waals surface area (Å²) in [5.74, 6) is -6.38. The molecule has 1 amide bonds. The Bertz CT molecular complexity index is 1810. The lowest BCUT2D eigenvalue weighted by Crippen LogP contribution is -2.46. The quantitative estimate of drug-likeness (QED) is 0.113. The molecule has 0 fully saturated rings. The monoisotopic (exact) mass is 709 g/mol. The number of rotatable bonds is 3. The highest BCUT2D eigenvalue weighted by molar-refractivity contribution is 6.23. The molecule has 0 spiro atoms. The summed E-state index contributed by atoms with van der Waals surface area (Å²) in [6.45, 7) is 11.1. The standard InChI is InChI=1S/C38H47NO12/c1-17-10-9-11-18(2)37(48)39-30-24(16-40)33(45)29-27-23(14-25(42)28(29)34(30)46)15-38(7,36(27)47)50-13-12-26(49-8)19(3)35(51-22(6)41)21(5)32(44)20(4)31(17)43/h9-14,16-17,19-21,26,31-32,35,42-46H,15H2,1-8H3,(H,39,48)/b10-9+,13-12+,18-11-. The second-order valence-corrected chi connectivity index (χ2v) is 13.8. The smallest absolute Gasteiger partial charge is 0.302 e. The molecule has 3 aliphatic rings. The lowest BCUT2D eigenvalue weighted by molar-refractivity contribution is -0.160. The number of ketones is 1. The lowest BCUT2D eigenvalue weighted by atomic mass is 9.78. The maximum absolute atomic E-state index is 14.0. The van der Waals surface area contributed by atoms with E-state index in [9.17, 15) is 44.7 Å². The van der Waals surface area contributed by atoms with Gasteiger partial charge in [-0.05, 0) is 31.6 Å². The van der Waals surface area contributed by atoms with Gasteiger partial charge in [0.2, 0.25) is 5.78 Å². The zero-order chi connectivity index (χ0) is 38.1. The Hall–Kier alpha value is -4.72. The Morgan fingerprint density at radius 3 is 2.27 bits per heavy atom.